The topological polar surface area (TPSA) is 22.9 Å². The van der Waals surface area contributed by atoms with Crippen LogP contribution in [0.2, 0.25) is 0 Å². The van der Waals surface area contributed by atoms with Crippen LogP contribution in [0.4, 0.5) is 0 Å². The smallest absolute Gasteiger partial charge is 0.234 e. The predicted octanol–water partition coefficient (Wildman–Crippen LogP) is 8.00. The molecular weight excluding hydrogens is 392 g/mol. The summed E-state index contributed by atoms with van der Waals surface area (Å²) in [5, 5.41) is 11.7. The molecule has 0 saturated heterocycles. The molecule has 0 aliphatic heterocycles. The van der Waals surface area contributed by atoms with Gasteiger partial charge in [0.05, 0.1) is 5.56 Å². The van der Waals surface area contributed by atoms with Crippen molar-refractivity contribution in [2.75, 3.05) is 6.61 Å². The van der Waals surface area contributed by atoms with Crippen LogP contribution in [0.5, 0.6) is 11.5 Å². The quantitative estimate of drug-likeness (QED) is 0.226. The first kappa shape index (κ1) is 20.4. The monoisotopic (exact) mass is 420 g/mol. The summed E-state index contributed by atoms with van der Waals surface area (Å²) in [5.41, 5.74) is 8.87. The highest BCUT2D eigenvalue weighted by atomic mass is 16.7. The number of benzene rings is 4. The van der Waals surface area contributed by atoms with E-state index in [4.69, 9.17) is 0 Å². The average Bonchev–Trinajstić information content (AvgIpc) is 3.15. The molecule has 1 aliphatic rings. The van der Waals surface area contributed by atoms with Gasteiger partial charge in [-0.3, -0.25) is 0 Å². The van der Waals surface area contributed by atoms with Gasteiger partial charge in [0.2, 0.25) is 5.75 Å². The molecule has 0 unspecified atom stereocenters. The molecule has 5 rings (SSSR count). The molecule has 1 aliphatic carbocycles. The number of rotatable bonds is 5. The molecular formula is C30H28O2. The van der Waals surface area contributed by atoms with Crippen molar-refractivity contribution in [2.24, 2.45) is 0 Å². The zero-order valence-corrected chi connectivity index (χ0v) is 18.6. The highest BCUT2D eigenvalue weighted by Crippen LogP contribution is 2.52. The first-order chi connectivity index (χ1) is 15.6. The lowest BCUT2D eigenvalue weighted by molar-refractivity contribution is 0.0334. The fourth-order valence-corrected chi connectivity index (χ4v) is 5.02. The van der Waals surface area contributed by atoms with E-state index < -0.39 is 0 Å². The van der Waals surface area contributed by atoms with E-state index in [0.717, 1.165) is 41.0 Å². The summed E-state index contributed by atoms with van der Waals surface area (Å²) in [4.78, 5) is 0. The van der Waals surface area contributed by atoms with E-state index in [9.17, 15) is 5.11 Å². The Morgan fingerprint density at radius 3 is 1.94 bits per heavy atom. The van der Waals surface area contributed by atoms with Gasteiger partial charge in [0.25, 0.3) is 0 Å². The lowest BCUT2D eigenvalue weighted by Crippen LogP contribution is -2.03. The largest absolute Gasteiger partial charge is 0.711 e. The van der Waals surface area contributed by atoms with Crippen molar-refractivity contribution in [3.05, 3.63) is 114 Å². The molecule has 0 atom stereocenters. The molecule has 160 valence electrons. The lowest BCUT2D eigenvalue weighted by Gasteiger charge is -2.29. The molecule has 0 aromatic heterocycles. The molecule has 2 heteroatoms. The SMILES string of the molecule is [CH2-][O+](CCC)c1ccccc1-c1cc(C)cc(C2c3ccccc3-c3ccccc32)c1O. The van der Waals surface area contributed by atoms with Gasteiger partial charge in [0, 0.05) is 29.5 Å². The number of aromatic hydroxyl groups is 1. The van der Waals surface area contributed by atoms with E-state index in [2.05, 4.69) is 92.1 Å². The molecule has 0 fully saturated rings. The zero-order valence-electron chi connectivity index (χ0n) is 18.6. The number of para-hydroxylation sites is 1. The number of aryl methyl sites for hydroxylation is 1. The Balaban J connectivity index is 1.72. The summed E-state index contributed by atoms with van der Waals surface area (Å²) in [5.74, 6) is 1.30. The molecule has 4 aromatic carbocycles. The van der Waals surface area contributed by atoms with Crippen molar-refractivity contribution in [3.63, 3.8) is 0 Å². The standard InChI is InChI=1S/C30H28O2/c1-4-17-32(3)28-16-10-9-13-23(28)26-18-20(2)19-27(30(26)31)29-24-14-7-5-11-21(24)22-12-6-8-15-25(22)29/h5-16,18-19,29,31H,3-4,17H2,1-2H3. The van der Waals surface area contributed by atoms with E-state index >= 15 is 0 Å². The second-order valence-electron chi connectivity index (χ2n) is 8.55. The Hall–Kier alpha value is -3.52. The lowest BCUT2D eigenvalue weighted by atomic mass is 9.85. The molecule has 0 saturated carbocycles. The van der Waals surface area contributed by atoms with Gasteiger partial charge in [-0.1, -0.05) is 73.7 Å². The molecule has 0 amide bonds. The van der Waals surface area contributed by atoms with Gasteiger partial charge < -0.3 is 9.47 Å². The number of hydrogen-bond acceptors (Lipinski definition) is 1. The van der Waals surface area contributed by atoms with E-state index in [1.807, 2.05) is 18.2 Å². The van der Waals surface area contributed by atoms with Crippen molar-refractivity contribution in [1.29, 1.82) is 0 Å². The van der Waals surface area contributed by atoms with Crippen LogP contribution >= 0.6 is 0 Å². The molecule has 32 heavy (non-hydrogen) atoms. The minimum atomic E-state index is 0.00682. The summed E-state index contributed by atoms with van der Waals surface area (Å²) in [6, 6.07) is 29.4. The minimum absolute atomic E-state index is 0.00682. The van der Waals surface area contributed by atoms with Gasteiger partial charge in [-0.2, -0.15) is 0 Å². The van der Waals surface area contributed by atoms with Gasteiger partial charge in [-0.15, -0.1) is 0 Å². The Kier molecular flexibility index (Phi) is 5.22. The van der Waals surface area contributed by atoms with Crippen LogP contribution in [0, 0.1) is 14.0 Å². The molecule has 1 N–H and O–H groups in total. The summed E-state index contributed by atoms with van der Waals surface area (Å²) < 4.78 is 2.94. The summed E-state index contributed by atoms with van der Waals surface area (Å²) in [6.07, 6.45) is 0.975. The Morgan fingerprint density at radius 2 is 1.31 bits per heavy atom. The third-order valence-corrected chi connectivity index (χ3v) is 6.37. The highest BCUT2D eigenvalue weighted by molar-refractivity contribution is 5.84. The Labute approximate surface area is 190 Å². The third-order valence-electron chi connectivity index (χ3n) is 6.37. The van der Waals surface area contributed by atoms with Crippen LogP contribution in [0.25, 0.3) is 22.3 Å². The molecule has 0 radical (unpaired) electrons. The van der Waals surface area contributed by atoms with Gasteiger partial charge in [-0.25, -0.2) is 0 Å². The Morgan fingerprint density at radius 1 is 0.750 bits per heavy atom. The van der Waals surface area contributed by atoms with Crippen LogP contribution in [0.3, 0.4) is 0 Å². The molecule has 4 aromatic rings. The number of phenolic OH excluding ortho intramolecular Hbond substituents is 1. The fraction of sp³-hybridized carbons (Fsp3) is 0.167. The maximum Gasteiger partial charge on any atom is 0.234 e. The van der Waals surface area contributed by atoms with E-state index in [-0.39, 0.29) is 5.92 Å². The van der Waals surface area contributed by atoms with Crippen molar-refractivity contribution >= 4 is 0 Å². The number of phenols is 1. The minimum Gasteiger partial charge on any atom is -0.711 e. The summed E-state index contributed by atoms with van der Waals surface area (Å²) >= 11 is 0. The van der Waals surface area contributed by atoms with Crippen LogP contribution in [0.15, 0.2) is 84.9 Å². The normalized spacial score (nSPS) is 12.5. The van der Waals surface area contributed by atoms with Crippen molar-refractivity contribution < 1.29 is 9.47 Å². The molecule has 2 nitrogen and oxygen atoms in total. The van der Waals surface area contributed by atoms with Crippen LogP contribution in [0.1, 0.15) is 41.5 Å². The van der Waals surface area contributed by atoms with Gasteiger partial charge >= 0.3 is 0 Å². The Bertz CT molecular complexity index is 1240. The highest BCUT2D eigenvalue weighted by Gasteiger charge is 2.32. The zero-order chi connectivity index (χ0) is 22.2. The van der Waals surface area contributed by atoms with E-state index in [0.29, 0.717) is 5.75 Å². The maximum absolute atomic E-state index is 11.7. The molecule has 0 bridgehead atoms. The first-order valence-electron chi connectivity index (χ1n) is 11.2. The van der Waals surface area contributed by atoms with E-state index in [1.54, 1.807) is 0 Å². The predicted molar refractivity (Wildman–Crippen MR) is 132 cm³/mol. The van der Waals surface area contributed by atoms with Crippen LogP contribution in [-0.4, -0.2) is 11.7 Å². The molecule has 0 spiro atoms. The van der Waals surface area contributed by atoms with Crippen LogP contribution in [-0.2, 0) is 4.37 Å². The van der Waals surface area contributed by atoms with Gasteiger partial charge in [0.1, 0.15) is 12.4 Å². The average molecular weight is 421 g/mol. The van der Waals surface area contributed by atoms with Gasteiger partial charge in [0.15, 0.2) is 0 Å². The third kappa shape index (κ3) is 3.27. The van der Waals surface area contributed by atoms with Crippen molar-refractivity contribution in [3.8, 4) is 33.8 Å². The molecule has 0 heterocycles. The summed E-state index contributed by atoms with van der Waals surface area (Å²) in [7, 11) is 4.16. The van der Waals surface area contributed by atoms with Gasteiger partial charge in [-0.05, 0) is 54.0 Å². The summed E-state index contributed by atoms with van der Waals surface area (Å²) in [6.45, 7) is 5.01. The number of hydrogen-bond donors (Lipinski definition) is 1. The second-order valence-corrected chi connectivity index (χ2v) is 8.55. The second kappa shape index (κ2) is 8.20. The van der Waals surface area contributed by atoms with Crippen molar-refractivity contribution in [2.45, 2.75) is 26.2 Å². The maximum atomic E-state index is 11.7. The van der Waals surface area contributed by atoms with Crippen LogP contribution < -0.4 is 0 Å². The first-order valence-corrected chi connectivity index (χ1v) is 11.2. The fourth-order valence-electron chi connectivity index (χ4n) is 5.02. The number of fused-ring (bicyclic) bond motifs is 3. The van der Waals surface area contributed by atoms with E-state index in [1.165, 1.54) is 22.3 Å². The van der Waals surface area contributed by atoms with Crippen molar-refractivity contribution in [1.82, 2.24) is 0 Å².